The van der Waals surface area contributed by atoms with Gasteiger partial charge in [-0.2, -0.15) is 0 Å². The van der Waals surface area contributed by atoms with Gasteiger partial charge in [0.05, 0.1) is 11.7 Å². The SMILES string of the molecule is CCOC1CC(Nc2cccc(C(=O)O)c2)C1(C)C. The van der Waals surface area contributed by atoms with Crippen LogP contribution in [0.15, 0.2) is 24.3 Å². The fourth-order valence-electron chi connectivity index (χ4n) is 2.56. The Bertz CT molecular complexity index is 470. The first kappa shape index (κ1) is 13.9. The second kappa shape index (κ2) is 5.21. The lowest BCUT2D eigenvalue weighted by molar-refractivity contribution is -0.0975. The largest absolute Gasteiger partial charge is 0.478 e. The van der Waals surface area contributed by atoms with Crippen molar-refractivity contribution >= 4 is 11.7 Å². The number of hydrogen-bond acceptors (Lipinski definition) is 3. The number of carbonyl (C=O) groups is 1. The number of hydrogen-bond donors (Lipinski definition) is 2. The van der Waals surface area contributed by atoms with E-state index < -0.39 is 5.97 Å². The Balaban J connectivity index is 2.03. The highest BCUT2D eigenvalue weighted by Crippen LogP contribution is 2.44. The predicted octanol–water partition coefficient (Wildman–Crippen LogP) is 3.00. The van der Waals surface area contributed by atoms with Crippen LogP contribution in [0.3, 0.4) is 0 Å². The summed E-state index contributed by atoms with van der Waals surface area (Å²) in [6.45, 7) is 7.09. The first-order valence-corrected chi connectivity index (χ1v) is 6.66. The zero-order valence-corrected chi connectivity index (χ0v) is 11.6. The number of aromatic carboxylic acids is 1. The highest BCUT2D eigenvalue weighted by atomic mass is 16.5. The van der Waals surface area contributed by atoms with Crippen LogP contribution in [0.25, 0.3) is 0 Å². The summed E-state index contributed by atoms with van der Waals surface area (Å²) >= 11 is 0. The Morgan fingerprint density at radius 2 is 2.26 bits per heavy atom. The molecule has 0 aliphatic heterocycles. The van der Waals surface area contributed by atoms with Crippen LogP contribution in [0.1, 0.15) is 37.6 Å². The molecular weight excluding hydrogens is 242 g/mol. The maximum atomic E-state index is 10.9. The summed E-state index contributed by atoms with van der Waals surface area (Å²) in [6.07, 6.45) is 1.23. The molecule has 0 heterocycles. The van der Waals surface area contributed by atoms with E-state index in [-0.39, 0.29) is 11.5 Å². The molecule has 0 amide bonds. The van der Waals surface area contributed by atoms with Crippen LogP contribution in [0.4, 0.5) is 5.69 Å². The zero-order valence-electron chi connectivity index (χ0n) is 11.6. The summed E-state index contributed by atoms with van der Waals surface area (Å²) in [4.78, 5) is 10.9. The molecule has 1 aliphatic carbocycles. The number of anilines is 1. The molecule has 1 aliphatic rings. The van der Waals surface area contributed by atoms with Crippen LogP contribution in [0, 0.1) is 5.41 Å². The third kappa shape index (κ3) is 2.73. The Morgan fingerprint density at radius 1 is 1.53 bits per heavy atom. The molecule has 19 heavy (non-hydrogen) atoms. The van der Waals surface area contributed by atoms with Gasteiger partial charge in [0.2, 0.25) is 0 Å². The molecule has 0 spiro atoms. The zero-order chi connectivity index (χ0) is 14.0. The molecule has 2 rings (SSSR count). The number of benzene rings is 1. The Morgan fingerprint density at radius 3 is 2.84 bits per heavy atom. The van der Waals surface area contributed by atoms with Crippen molar-refractivity contribution in [1.29, 1.82) is 0 Å². The minimum atomic E-state index is -0.899. The van der Waals surface area contributed by atoms with Gasteiger partial charge in [0.15, 0.2) is 0 Å². The summed E-state index contributed by atoms with van der Waals surface area (Å²) in [7, 11) is 0. The van der Waals surface area contributed by atoms with Crippen LogP contribution in [0.2, 0.25) is 0 Å². The van der Waals surface area contributed by atoms with E-state index in [4.69, 9.17) is 9.84 Å². The van der Waals surface area contributed by atoms with E-state index in [9.17, 15) is 4.79 Å². The van der Waals surface area contributed by atoms with Gasteiger partial charge < -0.3 is 15.2 Å². The minimum Gasteiger partial charge on any atom is -0.478 e. The fourth-order valence-corrected chi connectivity index (χ4v) is 2.56. The standard InChI is InChI=1S/C15H21NO3/c1-4-19-13-9-12(15(13,2)3)16-11-7-5-6-10(8-11)14(17)18/h5-8,12-13,16H,4,9H2,1-3H3,(H,17,18). The number of ether oxygens (including phenoxy) is 1. The van der Waals surface area contributed by atoms with Gasteiger partial charge in [-0.25, -0.2) is 4.79 Å². The lowest BCUT2D eigenvalue weighted by atomic mass is 9.64. The normalized spacial score (nSPS) is 24.6. The van der Waals surface area contributed by atoms with Crippen molar-refractivity contribution in [3.63, 3.8) is 0 Å². The smallest absolute Gasteiger partial charge is 0.335 e. The lowest BCUT2D eigenvalue weighted by Gasteiger charge is -2.52. The van der Waals surface area contributed by atoms with Gasteiger partial charge in [0.25, 0.3) is 0 Å². The first-order chi connectivity index (χ1) is 8.95. The summed E-state index contributed by atoms with van der Waals surface area (Å²) in [5.74, 6) is -0.899. The predicted molar refractivity (Wildman–Crippen MR) is 74.6 cm³/mol. The van der Waals surface area contributed by atoms with Crippen molar-refractivity contribution in [3.8, 4) is 0 Å². The van der Waals surface area contributed by atoms with Crippen molar-refractivity contribution in [1.82, 2.24) is 0 Å². The van der Waals surface area contributed by atoms with Crippen LogP contribution in [-0.2, 0) is 4.74 Å². The van der Waals surface area contributed by atoms with Crippen molar-refractivity contribution in [2.24, 2.45) is 5.41 Å². The van der Waals surface area contributed by atoms with Crippen LogP contribution in [-0.4, -0.2) is 29.8 Å². The molecule has 104 valence electrons. The maximum absolute atomic E-state index is 10.9. The van der Waals surface area contributed by atoms with E-state index >= 15 is 0 Å². The van der Waals surface area contributed by atoms with Gasteiger partial charge in [0, 0.05) is 23.8 Å². The molecule has 1 aromatic carbocycles. The van der Waals surface area contributed by atoms with Gasteiger partial charge in [-0.3, -0.25) is 0 Å². The molecule has 2 N–H and O–H groups in total. The summed E-state index contributed by atoms with van der Waals surface area (Å²) in [5.41, 5.74) is 1.23. The highest BCUT2D eigenvalue weighted by molar-refractivity contribution is 5.88. The first-order valence-electron chi connectivity index (χ1n) is 6.66. The third-order valence-electron chi connectivity index (χ3n) is 4.00. The number of carboxylic acids is 1. The fraction of sp³-hybridized carbons (Fsp3) is 0.533. The molecule has 1 aromatic rings. The van der Waals surface area contributed by atoms with E-state index in [0.29, 0.717) is 11.6 Å². The minimum absolute atomic E-state index is 0.0647. The second-order valence-electron chi connectivity index (χ2n) is 5.58. The molecule has 0 bridgehead atoms. The van der Waals surface area contributed by atoms with Crippen molar-refractivity contribution < 1.29 is 14.6 Å². The monoisotopic (exact) mass is 263 g/mol. The quantitative estimate of drug-likeness (QED) is 0.857. The van der Waals surface area contributed by atoms with Crippen molar-refractivity contribution in [2.75, 3.05) is 11.9 Å². The average molecular weight is 263 g/mol. The molecule has 2 unspecified atom stereocenters. The lowest BCUT2D eigenvalue weighted by Crippen LogP contribution is -2.58. The topological polar surface area (TPSA) is 58.6 Å². The second-order valence-corrected chi connectivity index (χ2v) is 5.58. The molecule has 4 nitrogen and oxygen atoms in total. The third-order valence-corrected chi connectivity index (χ3v) is 4.00. The molecule has 4 heteroatoms. The van der Waals surface area contributed by atoms with Gasteiger partial charge in [-0.1, -0.05) is 19.9 Å². The molecule has 2 atom stereocenters. The Hall–Kier alpha value is -1.55. The van der Waals surface area contributed by atoms with E-state index in [1.54, 1.807) is 18.2 Å². The van der Waals surface area contributed by atoms with E-state index in [1.165, 1.54) is 0 Å². The van der Waals surface area contributed by atoms with E-state index in [0.717, 1.165) is 18.7 Å². The van der Waals surface area contributed by atoms with Crippen LogP contribution >= 0.6 is 0 Å². The molecular formula is C15H21NO3. The number of carboxylic acid groups (broad SMARTS) is 1. The average Bonchev–Trinajstić information content (AvgIpc) is 2.38. The Labute approximate surface area is 113 Å². The van der Waals surface area contributed by atoms with Gasteiger partial charge in [-0.15, -0.1) is 0 Å². The highest BCUT2D eigenvalue weighted by Gasteiger charge is 2.48. The summed E-state index contributed by atoms with van der Waals surface area (Å²) < 4.78 is 5.69. The Kier molecular flexibility index (Phi) is 3.80. The van der Waals surface area contributed by atoms with Crippen LogP contribution < -0.4 is 5.32 Å². The van der Waals surface area contributed by atoms with E-state index in [1.807, 2.05) is 13.0 Å². The van der Waals surface area contributed by atoms with Gasteiger partial charge in [-0.05, 0) is 31.5 Å². The summed E-state index contributed by atoms with van der Waals surface area (Å²) in [5, 5.41) is 12.4. The maximum Gasteiger partial charge on any atom is 0.335 e. The molecule has 0 saturated heterocycles. The van der Waals surface area contributed by atoms with Crippen LogP contribution in [0.5, 0.6) is 0 Å². The van der Waals surface area contributed by atoms with Gasteiger partial charge >= 0.3 is 5.97 Å². The molecule has 0 aromatic heterocycles. The molecule has 1 saturated carbocycles. The van der Waals surface area contributed by atoms with Crippen molar-refractivity contribution in [2.45, 2.75) is 39.3 Å². The van der Waals surface area contributed by atoms with Crippen molar-refractivity contribution in [3.05, 3.63) is 29.8 Å². The molecule has 1 fully saturated rings. The summed E-state index contributed by atoms with van der Waals surface area (Å²) in [6, 6.07) is 7.25. The number of rotatable bonds is 5. The van der Waals surface area contributed by atoms with Gasteiger partial charge in [0.1, 0.15) is 0 Å². The molecule has 0 radical (unpaired) electrons. The van der Waals surface area contributed by atoms with E-state index in [2.05, 4.69) is 19.2 Å². The number of nitrogens with one attached hydrogen (secondary N) is 1.